The maximum Gasteiger partial charge on any atom is 0.248 e. The van der Waals surface area contributed by atoms with Gasteiger partial charge in [0, 0.05) is 24.2 Å². The molecule has 2 aromatic rings. The minimum atomic E-state index is -0.0992. The van der Waals surface area contributed by atoms with Crippen LogP contribution in [0.2, 0.25) is 0 Å². The summed E-state index contributed by atoms with van der Waals surface area (Å²) in [7, 11) is 0. The van der Waals surface area contributed by atoms with E-state index in [-0.39, 0.29) is 5.91 Å². The second-order valence-electron chi connectivity index (χ2n) is 5.26. The SMILES string of the molecule is O=C(/C=C/c1cccnc1)Nc1cccc2c1CCCC2. The highest BCUT2D eigenvalue weighted by Crippen LogP contribution is 2.27. The van der Waals surface area contributed by atoms with Crippen molar-refractivity contribution < 1.29 is 4.79 Å². The molecule has 0 bridgehead atoms. The molecule has 1 amide bonds. The molecule has 3 nitrogen and oxygen atoms in total. The molecule has 1 N–H and O–H groups in total. The van der Waals surface area contributed by atoms with E-state index in [1.807, 2.05) is 24.3 Å². The van der Waals surface area contributed by atoms with Crippen molar-refractivity contribution in [2.24, 2.45) is 0 Å². The molecule has 0 atom stereocenters. The van der Waals surface area contributed by atoms with E-state index in [1.54, 1.807) is 24.5 Å². The summed E-state index contributed by atoms with van der Waals surface area (Å²) in [6.45, 7) is 0. The average molecular weight is 278 g/mol. The quantitative estimate of drug-likeness (QED) is 0.871. The maximum atomic E-state index is 12.1. The molecule has 3 heteroatoms. The molecule has 1 heterocycles. The van der Waals surface area contributed by atoms with Crippen molar-refractivity contribution in [2.45, 2.75) is 25.7 Å². The summed E-state index contributed by atoms with van der Waals surface area (Å²) >= 11 is 0. The number of hydrogen-bond donors (Lipinski definition) is 1. The number of anilines is 1. The summed E-state index contributed by atoms with van der Waals surface area (Å²) in [4.78, 5) is 16.1. The van der Waals surface area contributed by atoms with E-state index in [0.717, 1.165) is 24.1 Å². The van der Waals surface area contributed by atoms with Crippen molar-refractivity contribution in [2.75, 3.05) is 5.32 Å². The first kappa shape index (κ1) is 13.6. The predicted molar refractivity (Wildman–Crippen MR) is 85.0 cm³/mol. The van der Waals surface area contributed by atoms with E-state index < -0.39 is 0 Å². The minimum absolute atomic E-state index is 0.0992. The number of pyridine rings is 1. The molecule has 21 heavy (non-hydrogen) atoms. The zero-order valence-corrected chi connectivity index (χ0v) is 11.9. The van der Waals surface area contributed by atoms with Crippen molar-refractivity contribution in [3.8, 4) is 0 Å². The number of benzene rings is 1. The molecule has 1 aromatic heterocycles. The highest BCUT2D eigenvalue weighted by Gasteiger charge is 2.13. The summed E-state index contributed by atoms with van der Waals surface area (Å²) in [5.41, 5.74) is 4.54. The fourth-order valence-corrected chi connectivity index (χ4v) is 2.72. The first-order chi connectivity index (χ1) is 10.3. The molecule has 1 aliphatic carbocycles. The predicted octanol–water partition coefficient (Wildman–Crippen LogP) is 3.61. The van der Waals surface area contributed by atoms with Crippen LogP contribution in [0.5, 0.6) is 0 Å². The van der Waals surface area contributed by atoms with Crippen LogP contribution in [0, 0.1) is 0 Å². The number of carbonyl (C=O) groups is 1. The Bertz CT molecular complexity index is 662. The van der Waals surface area contributed by atoms with Crippen LogP contribution in [0.1, 0.15) is 29.5 Å². The Morgan fingerprint density at radius 3 is 2.90 bits per heavy atom. The summed E-state index contributed by atoms with van der Waals surface area (Å²) in [5.74, 6) is -0.0992. The molecule has 0 radical (unpaired) electrons. The number of hydrogen-bond acceptors (Lipinski definition) is 2. The van der Waals surface area contributed by atoms with Crippen LogP contribution >= 0.6 is 0 Å². The van der Waals surface area contributed by atoms with Crippen molar-refractivity contribution in [3.63, 3.8) is 0 Å². The molecule has 0 saturated carbocycles. The molecule has 0 fully saturated rings. The molecule has 106 valence electrons. The maximum absolute atomic E-state index is 12.1. The second kappa shape index (κ2) is 6.35. The molecule has 1 aromatic carbocycles. The number of aryl methyl sites for hydroxylation is 1. The highest BCUT2D eigenvalue weighted by molar-refractivity contribution is 6.02. The van der Waals surface area contributed by atoms with Crippen LogP contribution in [0.25, 0.3) is 6.08 Å². The van der Waals surface area contributed by atoms with Gasteiger partial charge < -0.3 is 5.32 Å². The minimum Gasteiger partial charge on any atom is -0.322 e. The Labute approximate surface area is 124 Å². The van der Waals surface area contributed by atoms with E-state index in [9.17, 15) is 4.79 Å². The number of nitrogens with zero attached hydrogens (tertiary/aromatic N) is 1. The van der Waals surface area contributed by atoms with Crippen molar-refractivity contribution in [3.05, 3.63) is 65.5 Å². The highest BCUT2D eigenvalue weighted by atomic mass is 16.1. The van der Waals surface area contributed by atoms with Gasteiger partial charge in [-0.05, 0) is 60.6 Å². The Morgan fingerprint density at radius 2 is 2.05 bits per heavy atom. The van der Waals surface area contributed by atoms with Crippen molar-refractivity contribution >= 4 is 17.7 Å². The van der Waals surface area contributed by atoms with E-state index in [4.69, 9.17) is 0 Å². The van der Waals surface area contributed by atoms with Gasteiger partial charge >= 0.3 is 0 Å². The summed E-state index contributed by atoms with van der Waals surface area (Å²) in [6, 6.07) is 9.94. The van der Waals surface area contributed by atoms with Gasteiger partial charge in [0.1, 0.15) is 0 Å². The molecule has 0 unspecified atom stereocenters. The number of carbonyl (C=O) groups excluding carboxylic acids is 1. The Balaban J connectivity index is 1.72. The van der Waals surface area contributed by atoms with Crippen LogP contribution in [0.3, 0.4) is 0 Å². The van der Waals surface area contributed by atoms with Crippen LogP contribution < -0.4 is 5.32 Å². The smallest absolute Gasteiger partial charge is 0.248 e. The third-order valence-corrected chi connectivity index (χ3v) is 3.77. The lowest BCUT2D eigenvalue weighted by atomic mass is 9.90. The first-order valence-electron chi connectivity index (χ1n) is 7.33. The van der Waals surface area contributed by atoms with Gasteiger partial charge in [0.15, 0.2) is 0 Å². The zero-order chi connectivity index (χ0) is 14.5. The fraction of sp³-hybridized carbons (Fsp3) is 0.222. The van der Waals surface area contributed by atoms with Crippen LogP contribution in [-0.2, 0) is 17.6 Å². The Kier molecular flexibility index (Phi) is 4.10. The molecule has 0 saturated heterocycles. The number of rotatable bonds is 3. The van der Waals surface area contributed by atoms with Gasteiger partial charge in [-0.2, -0.15) is 0 Å². The van der Waals surface area contributed by atoms with Gasteiger partial charge in [0.2, 0.25) is 5.91 Å². The lowest BCUT2D eigenvalue weighted by molar-refractivity contribution is -0.111. The van der Waals surface area contributed by atoms with E-state index >= 15 is 0 Å². The monoisotopic (exact) mass is 278 g/mol. The van der Waals surface area contributed by atoms with Gasteiger partial charge in [-0.25, -0.2) is 0 Å². The largest absolute Gasteiger partial charge is 0.322 e. The number of aromatic nitrogens is 1. The van der Waals surface area contributed by atoms with Gasteiger partial charge in [-0.3, -0.25) is 9.78 Å². The lowest BCUT2D eigenvalue weighted by Crippen LogP contribution is -2.12. The van der Waals surface area contributed by atoms with Crippen LogP contribution in [0.15, 0.2) is 48.8 Å². The second-order valence-corrected chi connectivity index (χ2v) is 5.26. The van der Waals surface area contributed by atoms with Crippen LogP contribution in [0.4, 0.5) is 5.69 Å². The molecular formula is C18H18N2O. The third kappa shape index (κ3) is 3.37. The topological polar surface area (TPSA) is 42.0 Å². The Morgan fingerprint density at radius 1 is 1.14 bits per heavy atom. The molecule has 0 aliphatic heterocycles. The van der Waals surface area contributed by atoms with Gasteiger partial charge in [0.05, 0.1) is 0 Å². The van der Waals surface area contributed by atoms with Gasteiger partial charge in [-0.1, -0.05) is 18.2 Å². The summed E-state index contributed by atoms with van der Waals surface area (Å²) in [6.07, 6.45) is 11.4. The lowest BCUT2D eigenvalue weighted by Gasteiger charge is -2.19. The van der Waals surface area contributed by atoms with Crippen molar-refractivity contribution in [1.82, 2.24) is 4.98 Å². The molecule has 0 spiro atoms. The standard InChI is InChI=1S/C18H18N2O/c21-18(11-10-14-5-4-12-19-13-14)20-17-9-3-7-15-6-1-2-8-16(15)17/h3-5,7,9-13H,1-2,6,8H2,(H,20,21)/b11-10+. The summed E-state index contributed by atoms with van der Waals surface area (Å²) in [5, 5.41) is 2.99. The van der Waals surface area contributed by atoms with E-state index in [1.165, 1.54) is 24.0 Å². The number of fused-ring (bicyclic) bond motifs is 1. The molecule has 3 rings (SSSR count). The van der Waals surface area contributed by atoms with Gasteiger partial charge in [0.25, 0.3) is 0 Å². The first-order valence-corrected chi connectivity index (χ1v) is 7.33. The molecule has 1 aliphatic rings. The number of nitrogens with one attached hydrogen (secondary N) is 1. The third-order valence-electron chi connectivity index (χ3n) is 3.77. The molecular weight excluding hydrogens is 260 g/mol. The average Bonchev–Trinajstić information content (AvgIpc) is 2.54. The van der Waals surface area contributed by atoms with Gasteiger partial charge in [-0.15, -0.1) is 0 Å². The summed E-state index contributed by atoms with van der Waals surface area (Å²) < 4.78 is 0. The van der Waals surface area contributed by atoms with E-state index in [0.29, 0.717) is 0 Å². The van der Waals surface area contributed by atoms with E-state index in [2.05, 4.69) is 16.4 Å². The number of amides is 1. The normalized spacial score (nSPS) is 13.9. The zero-order valence-electron chi connectivity index (χ0n) is 11.9. The Hall–Kier alpha value is -2.42. The van der Waals surface area contributed by atoms with Crippen LogP contribution in [-0.4, -0.2) is 10.9 Å². The van der Waals surface area contributed by atoms with Crippen molar-refractivity contribution in [1.29, 1.82) is 0 Å². The fourth-order valence-electron chi connectivity index (χ4n) is 2.72.